The van der Waals surface area contributed by atoms with Crippen LogP contribution in [0.15, 0.2) is 53.3 Å². The molecule has 2 aromatic carbocycles. The van der Waals surface area contributed by atoms with Crippen LogP contribution in [-0.2, 0) is 17.6 Å². The highest BCUT2D eigenvalue weighted by Crippen LogP contribution is 2.18. The lowest BCUT2D eigenvalue weighted by Gasteiger charge is -2.07. The Bertz CT molecular complexity index is 1020. The lowest BCUT2D eigenvalue weighted by Crippen LogP contribution is -2.25. The molecule has 2 N–H and O–H groups in total. The van der Waals surface area contributed by atoms with Gasteiger partial charge in [0.25, 0.3) is 5.56 Å². The van der Waals surface area contributed by atoms with Crippen molar-refractivity contribution in [1.82, 2.24) is 10.3 Å². The fourth-order valence-electron chi connectivity index (χ4n) is 3.31. The molecule has 0 fully saturated rings. The van der Waals surface area contributed by atoms with E-state index in [1.807, 2.05) is 18.2 Å². The van der Waals surface area contributed by atoms with E-state index in [1.165, 1.54) is 11.1 Å². The quantitative estimate of drug-likeness (QED) is 0.542. The number of unbranched alkanes of at least 4 members (excludes halogenated alkanes) is 1. The first-order valence-electron chi connectivity index (χ1n) is 10.1. The summed E-state index contributed by atoms with van der Waals surface area (Å²) in [5.41, 5.74) is 3.80. The van der Waals surface area contributed by atoms with Crippen LogP contribution in [0.5, 0.6) is 5.75 Å². The van der Waals surface area contributed by atoms with Gasteiger partial charge in [-0.15, -0.1) is 0 Å². The van der Waals surface area contributed by atoms with Crippen molar-refractivity contribution in [3.63, 3.8) is 0 Å². The number of carbonyl (C=O) groups excluding carboxylic acids is 1. The van der Waals surface area contributed by atoms with Gasteiger partial charge in [-0.2, -0.15) is 0 Å². The van der Waals surface area contributed by atoms with E-state index in [0.717, 1.165) is 30.2 Å². The van der Waals surface area contributed by atoms with Crippen LogP contribution in [0.25, 0.3) is 10.9 Å². The third kappa shape index (κ3) is 5.95. The van der Waals surface area contributed by atoms with Gasteiger partial charge in [0.1, 0.15) is 5.75 Å². The minimum atomic E-state index is -0.156. The first kappa shape index (κ1) is 20.6. The number of amides is 1. The summed E-state index contributed by atoms with van der Waals surface area (Å²) in [6.45, 7) is 2.75. The van der Waals surface area contributed by atoms with Crippen LogP contribution >= 0.6 is 0 Å². The lowest BCUT2D eigenvalue weighted by atomic mass is 10.1. The summed E-state index contributed by atoms with van der Waals surface area (Å²) in [7, 11) is 1.59. The summed E-state index contributed by atoms with van der Waals surface area (Å²) in [5, 5.41) is 3.88. The van der Waals surface area contributed by atoms with Crippen LogP contribution in [0.3, 0.4) is 0 Å². The maximum Gasteiger partial charge on any atom is 0.251 e. The summed E-state index contributed by atoms with van der Waals surface area (Å²) in [4.78, 5) is 27.2. The van der Waals surface area contributed by atoms with Crippen LogP contribution < -0.4 is 15.6 Å². The van der Waals surface area contributed by atoms with E-state index in [4.69, 9.17) is 4.74 Å². The summed E-state index contributed by atoms with van der Waals surface area (Å²) in [6.07, 6.45) is 3.73. The van der Waals surface area contributed by atoms with Crippen molar-refractivity contribution >= 4 is 16.8 Å². The van der Waals surface area contributed by atoms with Gasteiger partial charge in [-0.1, -0.05) is 29.8 Å². The van der Waals surface area contributed by atoms with Gasteiger partial charge in [0.15, 0.2) is 0 Å². The number of hydrogen-bond acceptors (Lipinski definition) is 3. The molecule has 0 radical (unpaired) electrons. The largest absolute Gasteiger partial charge is 0.497 e. The lowest BCUT2D eigenvalue weighted by molar-refractivity contribution is -0.121. The van der Waals surface area contributed by atoms with Gasteiger partial charge in [0.2, 0.25) is 5.91 Å². The Morgan fingerprint density at radius 3 is 2.59 bits per heavy atom. The summed E-state index contributed by atoms with van der Waals surface area (Å²) >= 11 is 0. The smallest absolute Gasteiger partial charge is 0.251 e. The average molecular weight is 392 g/mol. The molecule has 0 saturated heterocycles. The number of carbonyl (C=O) groups is 1. The number of benzene rings is 2. The molecule has 3 rings (SSSR count). The minimum absolute atomic E-state index is 0.0189. The number of nitrogens with one attached hydrogen (secondary N) is 2. The molecule has 1 aromatic heterocycles. The fraction of sp³-hybridized carbons (Fsp3) is 0.333. The normalized spacial score (nSPS) is 10.8. The first-order chi connectivity index (χ1) is 14.0. The summed E-state index contributed by atoms with van der Waals surface area (Å²) in [6, 6.07) is 16.0. The molecule has 152 valence electrons. The minimum Gasteiger partial charge on any atom is -0.497 e. The Labute approximate surface area is 171 Å². The van der Waals surface area contributed by atoms with Crippen molar-refractivity contribution in [3.05, 3.63) is 75.6 Å². The molecular weight excluding hydrogens is 364 g/mol. The van der Waals surface area contributed by atoms with Gasteiger partial charge >= 0.3 is 0 Å². The molecule has 0 spiro atoms. The molecule has 29 heavy (non-hydrogen) atoms. The number of aryl methyl sites for hydroxylation is 3. The second-order valence-corrected chi connectivity index (χ2v) is 7.37. The molecule has 3 aromatic rings. The maximum absolute atomic E-state index is 12.3. The fourth-order valence-corrected chi connectivity index (χ4v) is 3.31. The molecule has 0 unspecified atom stereocenters. The number of methoxy groups -OCH3 is 1. The molecule has 1 amide bonds. The van der Waals surface area contributed by atoms with E-state index in [2.05, 4.69) is 41.5 Å². The highest BCUT2D eigenvalue weighted by Gasteiger charge is 2.07. The molecule has 0 saturated carbocycles. The second kappa shape index (κ2) is 9.92. The van der Waals surface area contributed by atoms with Gasteiger partial charge in [-0.25, -0.2) is 0 Å². The number of aromatic amines is 1. The number of pyridine rings is 1. The van der Waals surface area contributed by atoms with Crippen molar-refractivity contribution in [2.75, 3.05) is 13.7 Å². The zero-order valence-electron chi connectivity index (χ0n) is 17.1. The number of ether oxygens (including phenoxy) is 1. The zero-order chi connectivity index (χ0) is 20.6. The first-order valence-corrected chi connectivity index (χ1v) is 10.1. The van der Waals surface area contributed by atoms with E-state index >= 15 is 0 Å². The Morgan fingerprint density at radius 1 is 1.03 bits per heavy atom. The predicted octanol–water partition coefficient (Wildman–Crippen LogP) is 3.92. The summed E-state index contributed by atoms with van der Waals surface area (Å²) in [5.74, 6) is 0.678. The topological polar surface area (TPSA) is 71.2 Å². The molecule has 0 atom stereocenters. The Balaban J connectivity index is 1.42. The number of rotatable bonds is 9. The van der Waals surface area contributed by atoms with Crippen molar-refractivity contribution in [2.45, 2.75) is 39.0 Å². The monoisotopic (exact) mass is 392 g/mol. The number of H-pyrrole nitrogens is 1. The highest BCUT2D eigenvalue weighted by molar-refractivity contribution is 5.81. The van der Waals surface area contributed by atoms with E-state index in [-0.39, 0.29) is 11.5 Å². The van der Waals surface area contributed by atoms with Crippen LogP contribution in [0.4, 0.5) is 0 Å². The SMILES string of the molecule is COc1ccc2cc(CCC(=O)NCCCCc3ccc(C)cc3)c(=O)[nH]c2c1. The van der Waals surface area contributed by atoms with E-state index in [1.54, 1.807) is 13.2 Å². The van der Waals surface area contributed by atoms with E-state index < -0.39 is 0 Å². The van der Waals surface area contributed by atoms with Crippen LogP contribution in [0, 0.1) is 6.92 Å². The van der Waals surface area contributed by atoms with Crippen molar-refractivity contribution in [2.24, 2.45) is 0 Å². The van der Waals surface area contributed by atoms with Crippen molar-refractivity contribution < 1.29 is 9.53 Å². The van der Waals surface area contributed by atoms with Gasteiger partial charge in [-0.3, -0.25) is 9.59 Å². The maximum atomic E-state index is 12.3. The van der Waals surface area contributed by atoms with Crippen LogP contribution in [0.1, 0.15) is 36.0 Å². The van der Waals surface area contributed by atoms with E-state index in [0.29, 0.717) is 30.7 Å². The number of aromatic nitrogens is 1. The second-order valence-electron chi connectivity index (χ2n) is 7.37. The zero-order valence-corrected chi connectivity index (χ0v) is 17.1. The molecule has 0 aliphatic carbocycles. The number of fused-ring (bicyclic) bond motifs is 1. The highest BCUT2D eigenvalue weighted by atomic mass is 16.5. The third-order valence-electron chi connectivity index (χ3n) is 5.09. The molecule has 0 bridgehead atoms. The van der Waals surface area contributed by atoms with Gasteiger partial charge in [-0.05, 0) is 61.8 Å². The Hall–Kier alpha value is -3.08. The number of hydrogen-bond donors (Lipinski definition) is 2. The van der Waals surface area contributed by atoms with Crippen molar-refractivity contribution in [3.8, 4) is 5.75 Å². The predicted molar refractivity (Wildman–Crippen MR) is 117 cm³/mol. The molecule has 1 heterocycles. The summed E-state index contributed by atoms with van der Waals surface area (Å²) < 4.78 is 5.18. The third-order valence-corrected chi connectivity index (χ3v) is 5.09. The van der Waals surface area contributed by atoms with Crippen molar-refractivity contribution in [1.29, 1.82) is 0 Å². The van der Waals surface area contributed by atoms with Crippen LogP contribution in [0.2, 0.25) is 0 Å². The van der Waals surface area contributed by atoms with Crippen LogP contribution in [-0.4, -0.2) is 24.5 Å². The van der Waals surface area contributed by atoms with Gasteiger partial charge in [0.05, 0.1) is 12.6 Å². The molecule has 5 heteroatoms. The Kier molecular flexibility index (Phi) is 7.06. The molecule has 5 nitrogen and oxygen atoms in total. The standard InChI is InChI=1S/C24H28N2O3/c1-17-6-8-18(9-7-17)5-3-4-14-25-23(27)13-11-20-15-19-10-12-21(29-2)16-22(19)26-24(20)28/h6-10,12,15-16H,3-5,11,13-14H2,1-2H3,(H,25,27)(H,26,28). The van der Waals surface area contributed by atoms with Gasteiger partial charge < -0.3 is 15.0 Å². The van der Waals surface area contributed by atoms with E-state index in [9.17, 15) is 9.59 Å². The Morgan fingerprint density at radius 2 is 1.83 bits per heavy atom. The molecule has 0 aliphatic heterocycles. The van der Waals surface area contributed by atoms with Gasteiger partial charge in [0, 0.05) is 24.6 Å². The molecule has 0 aliphatic rings. The average Bonchev–Trinajstić information content (AvgIpc) is 2.73. The molecular formula is C24H28N2O3.